The van der Waals surface area contributed by atoms with Gasteiger partial charge in [0, 0.05) is 24.5 Å². The lowest BCUT2D eigenvalue weighted by Gasteiger charge is -2.36. The van der Waals surface area contributed by atoms with Gasteiger partial charge >= 0.3 is 0 Å². The number of hydrogen-bond acceptors (Lipinski definition) is 3. The smallest absolute Gasteiger partial charge is 0.195 e. The van der Waals surface area contributed by atoms with Gasteiger partial charge in [0.05, 0.1) is 6.04 Å². The Balaban J connectivity index is 1.93. The SMILES string of the molecule is CCC1c2ccsc2CCN1S(=O)(=O)N1CCCC1. The summed E-state index contributed by atoms with van der Waals surface area (Å²) in [7, 11) is -3.27. The number of hydrogen-bond donors (Lipinski definition) is 0. The van der Waals surface area contributed by atoms with Crippen LogP contribution in [0.5, 0.6) is 0 Å². The topological polar surface area (TPSA) is 40.6 Å². The Morgan fingerprint density at radius 3 is 2.74 bits per heavy atom. The second-order valence-electron chi connectivity index (χ2n) is 5.20. The van der Waals surface area contributed by atoms with Crippen LogP contribution >= 0.6 is 11.3 Å². The second-order valence-corrected chi connectivity index (χ2v) is 8.08. The molecule has 0 radical (unpaired) electrons. The molecule has 106 valence electrons. The average molecular weight is 300 g/mol. The first-order chi connectivity index (χ1) is 9.14. The van der Waals surface area contributed by atoms with Crippen molar-refractivity contribution in [1.82, 2.24) is 8.61 Å². The Bertz CT molecular complexity index is 547. The summed E-state index contributed by atoms with van der Waals surface area (Å²) in [6.07, 6.45) is 3.69. The van der Waals surface area contributed by atoms with E-state index < -0.39 is 10.2 Å². The highest BCUT2D eigenvalue weighted by Crippen LogP contribution is 2.37. The molecule has 1 fully saturated rings. The summed E-state index contributed by atoms with van der Waals surface area (Å²) in [5.74, 6) is 0. The molecule has 3 rings (SSSR count). The van der Waals surface area contributed by atoms with E-state index in [9.17, 15) is 8.42 Å². The standard InChI is InChI=1S/C13H20N2O2S2/c1-2-12-11-6-10-18-13(11)5-9-15(12)19(16,17)14-7-3-4-8-14/h6,10,12H,2-5,7-9H2,1H3. The molecule has 1 saturated heterocycles. The first-order valence-electron chi connectivity index (χ1n) is 6.97. The zero-order chi connectivity index (χ0) is 13.5. The Morgan fingerprint density at radius 1 is 1.32 bits per heavy atom. The van der Waals surface area contributed by atoms with E-state index in [4.69, 9.17) is 0 Å². The molecule has 6 heteroatoms. The zero-order valence-electron chi connectivity index (χ0n) is 11.2. The van der Waals surface area contributed by atoms with Crippen molar-refractivity contribution in [3.63, 3.8) is 0 Å². The van der Waals surface area contributed by atoms with E-state index in [1.807, 2.05) is 0 Å². The van der Waals surface area contributed by atoms with E-state index in [1.165, 1.54) is 10.4 Å². The summed E-state index contributed by atoms with van der Waals surface area (Å²) in [5, 5.41) is 2.08. The van der Waals surface area contributed by atoms with E-state index >= 15 is 0 Å². The van der Waals surface area contributed by atoms with E-state index in [1.54, 1.807) is 19.9 Å². The molecule has 0 aromatic carbocycles. The number of nitrogens with zero attached hydrogens (tertiary/aromatic N) is 2. The third-order valence-corrected chi connectivity index (χ3v) is 7.16. The maximum absolute atomic E-state index is 12.7. The van der Waals surface area contributed by atoms with E-state index in [0.29, 0.717) is 19.6 Å². The molecule has 2 aliphatic heterocycles. The van der Waals surface area contributed by atoms with Crippen LogP contribution in [0.25, 0.3) is 0 Å². The predicted molar refractivity (Wildman–Crippen MR) is 77.5 cm³/mol. The van der Waals surface area contributed by atoms with Gasteiger partial charge in [-0.05, 0) is 42.7 Å². The summed E-state index contributed by atoms with van der Waals surface area (Å²) in [4.78, 5) is 1.36. The molecule has 1 aromatic rings. The minimum atomic E-state index is -3.27. The molecule has 3 heterocycles. The summed E-state index contributed by atoms with van der Waals surface area (Å²) in [6, 6.07) is 2.13. The van der Waals surface area contributed by atoms with Crippen LogP contribution in [0.1, 0.15) is 42.7 Å². The summed E-state index contributed by atoms with van der Waals surface area (Å²) in [6.45, 7) is 4.08. The highest BCUT2D eigenvalue weighted by Gasteiger charge is 2.39. The Labute approximate surface area is 119 Å². The van der Waals surface area contributed by atoms with E-state index in [0.717, 1.165) is 25.7 Å². The molecule has 0 N–H and O–H groups in total. The van der Waals surface area contributed by atoms with Crippen LogP contribution in [-0.2, 0) is 16.6 Å². The molecule has 0 aliphatic carbocycles. The molecule has 0 saturated carbocycles. The monoisotopic (exact) mass is 300 g/mol. The Kier molecular flexibility index (Phi) is 3.68. The van der Waals surface area contributed by atoms with Gasteiger partial charge in [0.25, 0.3) is 10.2 Å². The van der Waals surface area contributed by atoms with Gasteiger partial charge in [-0.15, -0.1) is 11.3 Å². The summed E-state index contributed by atoms with van der Waals surface area (Å²) >= 11 is 1.75. The van der Waals surface area contributed by atoms with Crippen molar-refractivity contribution < 1.29 is 8.42 Å². The minimum Gasteiger partial charge on any atom is -0.195 e. The van der Waals surface area contributed by atoms with Crippen molar-refractivity contribution in [2.75, 3.05) is 19.6 Å². The van der Waals surface area contributed by atoms with Crippen LogP contribution in [0.4, 0.5) is 0 Å². The van der Waals surface area contributed by atoms with Gasteiger partial charge in [0.1, 0.15) is 0 Å². The molecule has 1 atom stereocenters. The van der Waals surface area contributed by atoms with Crippen molar-refractivity contribution in [3.05, 3.63) is 21.9 Å². The number of rotatable bonds is 3. The first kappa shape index (κ1) is 13.5. The van der Waals surface area contributed by atoms with Crippen LogP contribution in [0.3, 0.4) is 0 Å². The lowest BCUT2D eigenvalue weighted by molar-refractivity contribution is 0.278. The fourth-order valence-corrected chi connectivity index (χ4v) is 5.99. The van der Waals surface area contributed by atoms with Gasteiger partial charge in [0.2, 0.25) is 0 Å². The van der Waals surface area contributed by atoms with Crippen LogP contribution in [0, 0.1) is 0 Å². The third kappa shape index (κ3) is 2.24. The molecule has 0 spiro atoms. The van der Waals surface area contributed by atoms with Gasteiger partial charge in [-0.25, -0.2) is 0 Å². The van der Waals surface area contributed by atoms with Gasteiger partial charge < -0.3 is 0 Å². The van der Waals surface area contributed by atoms with Crippen LogP contribution in [0.2, 0.25) is 0 Å². The average Bonchev–Trinajstić information content (AvgIpc) is 3.07. The molecule has 1 aromatic heterocycles. The molecule has 4 nitrogen and oxygen atoms in total. The number of fused-ring (bicyclic) bond motifs is 1. The van der Waals surface area contributed by atoms with Crippen molar-refractivity contribution >= 4 is 21.5 Å². The molecule has 0 bridgehead atoms. The molecular formula is C13H20N2O2S2. The third-order valence-electron chi connectivity index (χ3n) is 4.12. The fourth-order valence-electron chi connectivity index (χ4n) is 3.14. The maximum Gasteiger partial charge on any atom is 0.282 e. The molecular weight excluding hydrogens is 280 g/mol. The van der Waals surface area contributed by atoms with Gasteiger partial charge in [-0.1, -0.05) is 6.92 Å². The van der Waals surface area contributed by atoms with Crippen LogP contribution in [-0.4, -0.2) is 36.7 Å². The summed E-state index contributed by atoms with van der Waals surface area (Å²) < 4.78 is 28.9. The summed E-state index contributed by atoms with van der Waals surface area (Å²) in [5.41, 5.74) is 1.22. The minimum absolute atomic E-state index is 0.0283. The first-order valence-corrected chi connectivity index (χ1v) is 9.25. The predicted octanol–water partition coefficient (Wildman–Crippen LogP) is 2.40. The van der Waals surface area contributed by atoms with Gasteiger partial charge in [-0.2, -0.15) is 17.0 Å². The highest BCUT2D eigenvalue weighted by molar-refractivity contribution is 7.86. The highest BCUT2D eigenvalue weighted by atomic mass is 32.2. The fraction of sp³-hybridized carbons (Fsp3) is 0.692. The molecule has 19 heavy (non-hydrogen) atoms. The quantitative estimate of drug-likeness (QED) is 0.860. The van der Waals surface area contributed by atoms with E-state index in [-0.39, 0.29) is 6.04 Å². The molecule has 1 unspecified atom stereocenters. The van der Waals surface area contributed by atoms with Crippen LogP contribution in [0.15, 0.2) is 11.4 Å². The molecule has 0 amide bonds. The second kappa shape index (κ2) is 5.16. The van der Waals surface area contributed by atoms with Crippen molar-refractivity contribution in [1.29, 1.82) is 0 Å². The zero-order valence-corrected chi connectivity index (χ0v) is 12.8. The van der Waals surface area contributed by atoms with Crippen LogP contribution < -0.4 is 0 Å². The largest absolute Gasteiger partial charge is 0.282 e. The van der Waals surface area contributed by atoms with Crippen molar-refractivity contribution in [2.24, 2.45) is 0 Å². The lowest BCUT2D eigenvalue weighted by atomic mass is 10.0. The maximum atomic E-state index is 12.7. The van der Waals surface area contributed by atoms with Gasteiger partial charge in [-0.3, -0.25) is 0 Å². The number of thiophene rings is 1. The van der Waals surface area contributed by atoms with E-state index in [2.05, 4.69) is 18.4 Å². The van der Waals surface area contributed by atoms with Gasteiger partial charge in [0.15, 0.2) is 0 Å². The van der Waals surface area contributed by atoms with Crippen molar-refractivity contribution in [2.45, 2.75) is 38.6 Å². The Hall–Kier alpha value is -0.430. The normalized spacial score (nSPS) is 25.6. The Morgan fingerprint density at radius 2 is 2.05 bits per heavy atom. The lowest BCUT2D eigenvalue weighted by Crippen LogP contribution is -2.46. The van der Waals surface area contributed by atoms with Crippen molar-refractivity contribution in [3.8, 4) is 0 Å². The molecule has 2 aliphatic rings.